The fraction of sp³-hybridized carbons (Fsp3) is 0.158. The SMILES string of the molecule is CCn1c(-n2ncnc2N)nc2cncc(CC=Cc3ccc(F)cc3)c21. The van der Waals surface area contributed by atoms with E-state index in [1.165, 1.54) is 23.1 Å². The summed E-state index contributed by atoms with van der Waals surface area (Å²) in [4.78, 5) is 12.9. The van der Waals surface area contributed by atoms with Crippen LogP contribution in [-0.2, 0) is 13.0 Å². The Kier molecular flexibility index (Phi) is 4.37. The van der Waals surface area contributed by atoms with Crippen molar-refractivity contribution in [1.29, 1.82) is 0 Å². The normalized spacial score (nSPS) is 11.6. The zero-order valence-electron chi connectivity index (χ0n) is 14.7. The third-order valence-corrected chi connectivity index (χ3v) is 4.30. The number of fused-ring (bicyclic) bond motifs is 1. The van der Waals surface area contributed by atoms with Crippen molar-refractivity contribution in [2.45, 2.75) is 19.9 Å². The largest absolute Gasteiger partial charge is 0.368 e. The number of nitrogens with two attached hydrogens (primary N) is 1. The number of nitrogens with zero attached hydrogens (tertiary/aromatic N) is 6. The first-order chi connectivity index (χ1) is 13.2. The Morgan fingerprint density at radius 2 is 2.00 bits per heavy atom. The molecule has 0 saturated carbocycles. The number of allylic oxidation sites excluding steroid dienone is 1. The third-order valence-electron chi connectivity index (χ3n) is 4.30. The van der Waals surface area contributed by atoms with Crippen molar-refractivity contribution in [2.24, 2.45) is 0 Å². The molecule has 7 nitrogen and oxygen atoms in total. The maximum atomic E-state index is 13.0. The second-order valence-electron chi connectivity index (χ2n) is 6.01. The average molecular weight is 363 g/mol. The van der Waals surface area contributed by atoms with Crippen molar-refractivity contribution < 1.29 is 4.39 Å². The topological polar surface area (TPSA) is 87.4 Å². The van der Waals surface area contributed by atoms with Gasteiger partial charge in [0.2, 0.25) is 11.9 Å². The number of imidazole rings is 1. The number of nitrogen functional groups attached to an aromatic ring is 1. The minimum atomic E-state index is -0.243. The predicted molar refractivity (Wildman–Crippen MR) is 102 cm³/mol. The van der Waals surface area contributed by atoms with Gasteiger partial charge in [-0.1, -0.05) is 24.3 Å². The Bertz CT molecular complexity index is 1110. The van der Waals surface area contributed by atoms with Crippen molar-refractivity contribution in [3.05, 3.63) is 66.0 Å². The third kappa shape index (κ3) is 3.17. The first-order valence-corrected chi connectivity index (χ1v) is 8.58. The highest BCUT2D eigenvalue weighted by atomic mass is 19.1. The number of hydrogen-bond donors (Lipinski definition) is 1. The monoisotopic (exact) mass is 363 g/mol. The molecule has 27 heavy (non-hydrogen) atoms. The zero-order valence-corrected chi connectivity index (χ0v) is 14.7. The van der Waals surface area contributed by atoms with Crippen LogP contribution in [0.5, 0.6) is 0 Å². The molecular formula is C19H18FN7. The van der Waals surface area contributed by atoms with Crippen LogP contribution in [-0.4, -0.2) is 29.3 Å². The van der Waals surface area contributed by atoms with Crippen LogP contribution in [0.15, 0.2) is 49.1 Å². The average Bonchev–Trinajstić information content (AvgIpc) is 3.26. The molecule has 0 aliphatic heterocycles. The quantitative estimate of drug-likeness (QED) is 0.589. The molecule has 0 amide bonds. The van der Waals surface area contributed by atoms with Crippen molar-refractivity contribution in [2.75, 3.05) is 5.73 Å². The molecule has 0 saturated heterocycles. The Morgan fingerprint density at radius 1 is 1.19 bits per heavy atom. The maximum Gasteiger partial charge on any atom is 0.235 e. The maximum absolute atomic E-state index is 13.0. The van der Waals surface area contributed by atoms with Gasteiger partial charge in [0.05, 0.1) is 11.7 Å². The molecule has 0 aliphatic carbocycles. The van der Waals surface area contributed by atoms with Crippen LogP contribution in [0.4, 0.5) is 10.3 Å². The van der Waals surface area contributed by atoms with Crippen molar-refractivity contribution in [1.82, 2.24) is 29.3 Å². The molecule has 8 heteroatoms. The molecule has 0 radical (unpaired) electrons. The number of anilines is 1. The van der Waals surface area contributed by atoms with Gasteiger partial charge in [-0.2, -0.15) is 14.8 Å². The van der Waals surface area contributed by atoms with E-state index in [1.807, 2.05) is 29.8 Å². The number of aryl methyl sites for hydroxylation is 1. The Balaban J connectivity index is 1.72. The molecule has 4 rings (SSSR count). The summed E-state index contributed by atoms with van der Waals surface area (Å²) >= 11 is 0. The van der Waals surface area contributed by atoms with Crippen LogP contribution in [0.3, 0.4) is 0 Å². The number of halogens is 1. The second kappa shape index (κ2) is 6.99. The van der Waals surface area contributed by atoms with E-state index in [-0.39, 0.29) is 11.8 Å². The van der Waals surface area contributed by atoms with Crippen LogP contribution in [0.25, 0.3) is 23.1 Å². The molecule has 0 spiro atoms. The van der Waals surface area contributed by atoms with E-state index in [4.69, 9.17) is 5.73 Å². The Labute approximate surface area is 155 Å². The standard InChI is InChI=1S/C19H18FN7/c1-2-26-17-14(5-3-4-13-6-8-15(20)9-7-13)10-22-11-16(17)25-19(26)27-18(21)23-12-24-27/h3-4,6-12H,2,5H2,1H3,(H2,21,23,24). The molecule has 0 bridgehead atoms. The van der Waals surface area contributed by atoms with Gasteiger partial charge in [-0.05, 0) is 31.0 Å². The van der Waals surface area contributed by atoms with Gasteiger partial charge in [0, 0.05) is 18.3 Å². The second-order valence-corrected chi connectivity index (χ2v) is 6.01. The summed E-state index contributed by atoms with van der Waals surface area (Å²) < 4.78 is 16.6. The fourth-order valence-corrected chi connectivity index (χ4v) is 3.06. The van der Waals surface area contributed by atoms with E-state index in [1.54, 1.807) is 18.3 Å². The van der Waals surface area contributed by atoms with E-state index in [0.29, 0.717) is 18.9 Å². The van der Waals surface area contributed by atoms with Gasteiger partial charge >= 0.3 is 0 Å². The molecule has 0 unspecified atom stereocenters. The van der Waals surface area contributed by atoms with E-state index in [0.717, 1.165) is 22.2 Å². The van der Waals surface area contributed by atoms with Gasteiger partial charge in [0.15, 0.2) is 0 Å². The first-order valence-electron chi connectivity index (χ1n) is 8.58. The van der Waals surface area contributed by atoms with Gasteiger partial charge in [-0.25, -0.2) is 9.37 Å². The van der Waals surface area contributed by atoms with Crippen molar-refractivity contribution >= 4 is 23.1 Å². The van der Waals surface area contributed by atoms with Gasteiger partial charge in [0.25, 0.3) is 0 Å². The number of hydrogen-bond acceptors (Lipinski definition) is 5. The highest BCUT2D eigenvalue weighted by Gasteiger charge is 2.16. The molecule has 0 atom stereocenters. The molecule has 2 N–H and O–H groups in total. The number of pyridine rings is 1. The minimum absolute atomic E-state index is 0.243. The summed E-state index contributed by atoms with van der Waals surface area (Å²) in [5.74, 6) is 0.651. The van der Waals surface area contributed by atoms with Crippen LogP contribution in [0.1, 0.15) is 18.1 Å². The van der Waals surface area contributed by atoms with Crippen molar-refractivity contribution in [3.63, 3.8) is 0 Å². The Hall–Kier alpha value is -3.55. The molecular weight excluding hydrogens is 345 g/mol. The molecule has 3 aromatic heterocycles. The van der Waals surface area contributed by atoms with Gasteiger partial charge < -0.3 is 10.3 Å². The highest BCUT2D eigenvalue weighted by Crippen LogP contribution is 2.23. The smallest absolute Gasteiger partial charge is 0.235 e. The molecule has 1 aromatic carbocycles. The summed E-state index contributed by atoms with van der Waals surface area (Å²) in [6.45, 7) is 2.74. The van der Waals surface area contributed by atoms with Gasteiger partial charge in [0.1, 0.15) is 17.7 Å². The number of aromatic nitrogens is 6. The highest BCUT2D eigenvalue weighted by molar-refractivity contribution is 5.80. The molecule has 136 valence electrons. The van der Waals surface area contributed by atoms with Crippen LogP contribution in [0, 0.1) is 5.82 Å². The number of benzene rings is 1. The van der Waals surface area contributed by atoms with E-state index >= 15 is 0 Å². The van der Waals surface area contributed by atoms with Gasteiger partial charge in [-0.3, -0.25) is 4.98 Å². The molecule has 0 fully saturated rings. The zero-order chi connectivity index (χ0) is 18.8. The Morgan fingerprint density at radius 3 is 2.70 bits per heavy atom. The minimum Gasteiger partial charge on any atom is -0.368 e. The van der Waals surface area contributed by atoms with Crippen LogP contribution >= 0.6 is 0 Å². The molecule has 0 aliphatic rings. The molecule has 4 aromatic rings. The van der Waals surface area contributed by atoms with Gasteiger partial charge in [-0.15, -0.1) is 0 Å². The fourth-order valence-electron chi connectivity index (χ4n) is 3.06. The summed E-state index contributed by atoms with van der Waals surface area (Å²) in [7, 11) is 0. The summed E-state index contributed by atoms with van der Waals surface area (Å²) in [6.07, 6.45) is 9.62. The lowest BCUT2D eigenvalue weighted by Gasteiger charge is -2.08. The number of rotatable bonds is 5. The summed E-state index contributed by atoms with van der Waals surface area (Å²) in [6, 6.07) is 6.38. The van der Waals surface area contributed by atoms with Crippen LogP contribution < -0.4 is 5.73 Å². The first kappa shape index (κ1) is 16.9. The summed E-state index contributed by atoms with van der Waals surface area (Å²) in [5, 5.41) is 4.16. The van der Waals surface area contributed by atoms with E-state index < -0.39 is 0 Å². The van der Waals surface area contributed by atoms with Crippen molar-refractivity contribution in [3.8, 4) is 5.95 Å². The van der Waals surface area contributed by atoms with Crippen LogP contribution in [0.2, 0.25) is 0 Å². The lowest BCUT2D eigenvalue weighted by atomic mass is 10.1. The predicted octanol–water partition coefficient (Wildman–Crippen LogP) is 3.01. The lowest BCUT2D eigenvalue weighted by molar-refractivity contribution is 0.628. The lowest BCUT2D eigenvalue weighted by Crippen LogP contribution is -2.10. The summed E-state index contributed by atoms with van der Waals surface area (Å²) in [5.41, 5.74) is 9.63. The van der Waals surface area contributed by atoms with E-state index in [9.17, 15) is 4.39 Å². The van der Waals surface area contributed by atoms with E-state index in [2.05, 4.69) is 20.1 Å². The molecule has 3 heterocycles.